The van der Waals surface area contributed by atoms with Crippen LogP contribution in [-0.2, 0) is 13.0 Å². The Kier molecular flexibility index (Phi) is 3.72. The molecule has 1 heterocycles. The van der Waals surface area contributed by atoms with E-state index in [1.54, 1.807) is 0 Å². The molecule has 0 fully saturated rings. The van der Waals surface area contributed by atoms with Gasteiger partial charge in [-0.25, -0.2) is 0 Å². The number of ether oxygens (including phenoxy) is 1. The van der Waals surface area contributed by atoms with Crippen LogP contribution in [0, 0.1) is 0 Å². The molecule has 4 N–H and O–H groups in total. The Morgan fingerprint density at radius 1 is 1.05 bits per heavy atom. The molecule has 20 heavy (non-hydrogen) atoms. The van der Waals surface area contributed by atoms with Crippen molar-refractivity contribution in [1.29, 1.82) is 0 Å². The molecular weight excluding hydrogens is 248 g/mol. The Labute approximate surface area is 119 Å². The van der Waals surface area contributed by atoms with Crippen LogP contribution in [0.4, 0.5) is 0 Å². The number of hydrogen-bond donors (Lipinski definition) is 2. The molecule has 2 aromatic rings. The van der Waals surface area contributed by atoms with Crippen molar-refractivity contribution in [2.24, 2.45) is 11.5 Å². The highest BCUT2D eigenvalue weighted by Crippen LogP contribution is 2.29. The summed E-state index contributed by atoms with van der Waals surface area (Å²) in [6.45, 7) is 1.38. The van der Waals surface area contributed by atoms with Crippen LogP contribution in [0.1, 0.15) is 34.7 Å². The molecule has 0 saturated carbocycles. The van der Waals surface area contributed by atoms with Crippen LogP contribution in [0.25, 0.3) is 0 Å². The topological polar surface area (TPSA) is 61.3 Å². The van der Waals surface area contributed by atoms with Crippen LogP contribution in [0.5, 0.6) is 5.75 Å². The summed E-state index contributed by atoms with van der Waals surface area (Å²) in [5.41, 5.74) is 16.6. The van der Waals surface area contributed by atoms with Crippen LogP contribution < -0.4 is 16.2 Å². The number of rotatable bonds is 3. The predicted molar refractivity (Wildman–Crippen MR) is 80.6 cm³/mol. The van der Waals surface area contributed by atoms with E-state index in [1.165, 1.54) is 5.56 Å². The van der Waals surface area contributed by atoms with Gasteiger partial charge >= 0.3 is 0 Å². The van der Waals surface area contributed by atoms with Crippen LogP contribution >= 0.6 is 0 Å². The van der Waals surface area contributed by atoms with Gasteiger partial charge < -0.3 is 16.2 Å². The summed E-state index contributed by atoms with van der Waals surface area (Å²) in [6.07, 6.45) is 2.15. The van der Waals surface area contributed by atoms with Gasteiger partial charge in [0, 0.05) is 6.54 Å². The molecule has 2 aromatic carbocycles. The zero-order valence-corrected chi connectivity index (χ0v) is 11.5. The summed E-state index contributed by atoms with van der Waals surface area (Å²) in [7, 11) is 0. The Balaban J connectivity index is 1.87. The van der Waals surface area contributed by atoms with Gasteiger partial charge in [-0.15, -0.1) is 0 Å². The summed E-state index contributed by atoms with van der Waals surface area (Å²) in [5.74, 6) is 1.01. The third-order valence-corrected chi connectivity index (χ3v) is 3.87. The Morgan fingerprint density at radius 3 is 2.55 bits per heavy atom. The number of hydrogen-bond acceptors (Lipinski definition) is 3. The van der Waals surface area contributed by atoms with Gasteiger partial charge in [0.05, 0.1) is 12.6 Å². The minimum absolute atomic E-state index is 0.103. The van der Waals surface area contributed by atoms with E-state index in [1.807, 2.05) is 18.2 Å². The van der Waals surface area contributed by atoms with E-state index in [0.29, 0.717) is 6.54 Å². The van der Waals surface area contributed by atoms with Crippen molar-refractivity contribution in [1.82, 2.24) is 0 Å². The molecule has 0 amide bonds. The first-order valence-corrected chi connectivity index (χ1v) is 7.08. The number of fused-ring (bicyclic) bond motifs is 1. The van der Waals surface area contributed by atoms with Gasteiger partial charge in [-0.2, -0.15) is 0 Å². The number of benzene rings is 2. The number of aryl methyl sites for hydroxylation is 1. The fourth-order valence-corrected chi connectivity index (χ4v) is 2.63. The van der Waals surface area contributed by atoms with Crippen molar-refractivity contribution in [3.63, 3.8) is 0 Å². The summed E-state index contributed by atoms with van der Waals surface area (Å²) >= 11 is 0. The van der Waals surface area contributed by atoms with E-state index < -0.39 is 0 Å². The highest BCUT2D eigenvalue weighted by molar-refractivity contribution is 5.42. The normalized spacial score (nSPS) is 15.3. The quantitative estimate of drug-likeness (QED) is 0.899. The van der Waals surface area contributed by atoms with Crippen molar-refractivity contribution in [2.75, 3.05) is 6.61 Å². The zero-order chi connectivity index (χ0) is 13.9. The van der Waals surface area contributed by atoms with Gasteiger partial charge in [-0.3, -0.25) is 0 Å². The first-order valence-electron chi connectivity index (χ1n) is 7.08. The molecular formula is C17H20N2O. The Hall–Kier alpha value is -1.84. The van der Waals surface area contributed by atoms with E-state index >= 15 is 0 Å². The molecule has 1 aliphatic heterocycles. The van der Waals surface area contributed by atoms with Gasteiger partial charge in [0.1, 0.15) is 5.75 Å². The predicted octanol–water partition coefficient (Wildman–Crippen LogP) is 2.52. The molecule has 0 spiro atoms. The first-order chi connectivity index (χ1) is 9.78. The van der Waals surface area contributed by atoms with Crippen LogP contribution in [0.3, 0.4) is 0 Å². The molecule has 1 aliphatic rings. The lowest BCUT2D eigenvalue weighted by molar-refractivity contribution is 0.288. The summed E-state index contributed by atoms with van der Waals surface area (Å²) in [4.78, 5) is 0. The molecule has 0 bridgehead atoms. The second kappa shape index (κ2) is 5.65. The molecule has 0 aromatic heterocycles. The molecule has 104 valence electrons. The van der Waals surface area contributed by atoms with Gasteiger partial charge in [0.25, 0.3) is 0 Å². The third-order valence-electron chi connectivity index (χ3n) is 3.87. The fraction of sp³-hybridized carbons (Fsp3) is 0.294. The molecule has 0 radical (unpaired) electrons. The smallest absolute Gasteiger partial charge is 0.122 e. The monoisotopic (exact) mass is 268 g/mol. The zero-order valence-electron chi connectivity index (χ0n) is 11.5. The third kappa shape index (κ3) is 2.55. The lowest BCUT2D eigenvalue weighted by Crippen LogP contribution is -2.14. The lowest BCUT2D eigenvalue weighted by atomic mass is 9.95. The highest BCUT2D eigenvalue weighted by Gasteiger charge is 2.14. The second-order valence-corrected chi connectivity index (χ2v) is 5.24. The van der Waals surface area contributed by atoms with E-state index in [2.05, 4.69) is 24.3 Å². The molecule has 1 atom stereocenters. The van der Waals surface area contributed by atoms with Gasteiger partial charge in [0.2, 0.25) is 0 Å². The van der Waals surface area contributed by atoms with E-state index in [0.717, 1.165) is 41.9 Å². The van der Waals surface area contributed by atoms with Gasteiger partial charge in [-0.05, 0) is 41.2 Å². The van der Waals surface area contributed by atoms with Crippen molar-refractivity contribution < 1.29 is 4.74 Å². The summed E-state index contributed by atoms with van der Waals surface area (Å²) in [6, 6.07) is 14.4. The maximum atomic E-state index is 6.37. The highest BCUT2D eigenvalue weighted by atomic mass is 16.5. The Bertz CT molecular complexity index is 592. The van der Waals surface area contributed by atoms with Crippen LogP contribution in [-0.4, -0.2) is 6.61 Å². The molecule has 3 heteroatoms. The van der Waals surface area contributed by atoms with Crippen molar-refractivity contribution in [3.8, 4) is 5.75 Å². The minimum atomic E-state index is -0.103. The van der Waals surface area contributed by atoms with Crippen LogP contribution in [0.2, 0.25) is 0 Å². The molecule has 0 saturated heterocycles. The van der Waals surface area contributed by atoms with Gasteiger partial charge in [-0.1, -0.05) is 36.4 Å². The van der Waals surface area contributed by atoms with Crippen molar-refractivity contribution in [2.45, 2.75) is 25.4 Å². The average Bonchev–Trinajstić information content (AvgIpc) is 2.54. The SMILES string of the molecule is NCc1ccc(C(N)c2ccc3c(c2)CCCO3)cc1. The molecule has 3 nitrogen and oxygen atoms in total. The summed E-state index contributed by atoms with van der Waals surface area (Å²) < 4.78 is 5.64. The average molecular weight is 268 g/mol. The molecule has 0 aliphatic carbocycles. The van der Waals surface area contributed by atoms with Crippen molar-refractivity contribution >= 4 is 0 Å². The van der Waals surface area contributed by atoms with Crippen LogP contribution in [0.15, 0.2) is 42.5 Å². The van der Waals surface area contributed by atoms with Gasteiger partial charge in [0.15, 0.2) is 0 Å². The van der Waals surface area contributed by atoms with E-state index in [-0.39, 0.29) is 6.04 Å². The number of nitrogens with two attached hydrogens (primary N) is 2. The summed E-state index contributed by atoms with van der Waals surface area (Å²) in [5, 5.41) is 0. The largest absolute Gasteiger partial charge is 0.493 e. The molecule has 3 rings (SSSR count). The first kappa shape index (κ1) is 13.2. The fourth-order valence-electron chi connectivity index (χ4n) is 2.63. The maximum absolute atomic E-state index is 6.37. The Morgan fingerprint density at radius 2 is 1.80 bits per heavy atom. The van der Waals surface area contributed by atoms with E-state index in [9.17, 15) is 0 Å². The second-order valence-electron chi connectivity index (χ2n) is 5.24. The minimum Gasteiger partial charge on any atom is -0.493 e. The molecule has 1 unspecified atom stereocenters. The lowest BCUT2D eigenvalue weighted by Gasteiger charge is -2.20. The van der Waals surface area contributed by atoms with E-state index in [4.69, 9.17) is 16.2 Å². The van der Waals surface area contributed by atoms with Crippen molar-refractivity contribution in [3.05, 3.63) is 64.7 Å². The maximum Gasteiger partial charge on any atom is 0.122 e. The standard InChI is InChI=1S/C17H20N2O/c18-11-12-3-5-13(6-4-12)17(19)15-7-8-16-14(10-15)2-1-9-20-16/h3-8,10,17H,1-2,9,11,18-19H2.